The molecule has 1 aliphatic heterocycles. The second kappa shape index (κ2) is 8.73. The molecule has 6 rings (SSSR count). The second-order valence-electron chi connectivity index (χ2n) is 10.0. The Bertz CT molecular complexity index is 1410. The summed E-state index contributed by atoms with van der Waals surface area (Å²) in [4.78, 5) is 0. The van der Waals surface area contributed by atoms with Crippen LogP contribution in [0, 0.1) is 20.8 Å². The van der Waals surface area contributed by atoms with Gasteiger partial charge in [-0.15, -0.1) is 0 Å². The van der Waals surface area contributed by atoms with Crippen molar-refractivity contribution >= 4 is 0 Å². The van der Waals surface area contributed by atoms with Crippen LogP contribution in [0.3, 0.4) is 0 Å². The van der Waals surface area contributed by atoms with E-state index in [0.717, 1.165) is 32.7 Å². The zero-order valence-electron chi connectivity index (χ0n) is 20.9. The highest BCUT2D eigenvalue weighted by atomic mass is 15.1. The van der Waals surface area contributed by atoms with Crippen LogP contribution < -0.4 is 9.13 Å². The van der Waals surface area contributed by atoms with Crippen LogP contribution in [-0.2, 0) is 32.7 Å². The number of hydrogen-bond donors (Lipinski definition) is 0. The third kappa shape index (κ3) is 4.23. The largest absolute Gasteiger partial charge is 0.350 e. The van der Waals surface area contributed by atoms with Crippen molar-refractivity contribution in [1.29, 1.82) is 0 Å². The highest BCUT2D eigenvalue weighted by Gasteiger charge is 2.21. The van der Waals surface area contributed by atoms with Crippen molar-refractivity contribution in [1.82, 2.24) is 13.7 Å². The zero-order chi connectivity index (χ0) is 23.9. The van der Waals surface area contributed by atoms with E-state index in [1.54, 1.807) is 0 Å². The molecule has 5 heteroatoms. The number of hydrogen-bond acceptors (Lipinski definition) is 0. The molecule has 0 N–H and O–H groups in total. The number of fused-ring (bicyclic) bond motifs is 8. The molecule has 35 heavy (non-hydrogen) atoms. The van der Waals surface area contributed by atoms with E-state index in [4.69, 9.17) is 0 Å². The Labute approximate surface area is 207 Å². The molecule has 0 unspecified atom stereocenters. The SMILES string of the molecule is Cc1c(Cn2cccc2)c(C)c2c(C)c1Cn1cc[n+](c1)Cc1cccc(c1)C[n+]1ccn(c1)C2. The van der Waals surface area contributed by atoms with Gasteiger partial charge in [0, 0.05) is 30.1 Å². The molecule has 4 heterocycles. The van der Waals surface area contributed by atoms with Crippen LogP contribution in [0.1, 0.15) is 44.5 Å². The molecule has 0 saturated heterocycles. The van der Waals surface area contributed by atoms with E-state index in [1.807, 2.05) is 0 Å². The molecule has 5 aromatic rings. The molecule has 0 atom stereocenters. The van der Waals surface area contributed by atoms with Crippen molar-refractivity contribution < 1.29 is 9.13 Å². The van der Waals surface area contributed by atoms with E-state index in [1.165, 1.54) is 44.5 Å². The first-order chi connectivity index (χ1) is 17.0. The van der Waals surface area contributed by atoms with E-state index >= 15 is 0 Å². The van der Waals surface area contributed by atoms with Gasteiger partial charge < -0.3 is 4.57 Å². The predicted molar refractivity (Wildman–Crippen MR) is 136 cm³/mol. The number of rotatable bonds is 2. The molecule has 176 valence electrons. The van der Waals surface area contributed by atoms with Crippen LogP contribution in [-0.4, -0.2) is 13.7 Å². The van der Waals surface area contributed by atoms with Crippen molar-refractivity contribution in [3.63, 3.8) is 0 Å². The number of imidazole rings is 2. The average Bonchev–Trinajstić information content (AvgIpc) is 3.60. The third-order valence-corrected chi connectivity index (χ3v) is 7.62. The summed E-state index contributed by atoms with van der Waals surface area (Å²) in [7, 11) is 0. The molecular weight excluding hydrogens is 430 g/mol. The van der Waals surface area contributed by atoms with E-state index in [2.05, 4.69) is 130 Å². The van der Waals surface area contributed by atoms with Crippen LogP contribution in [0.5, 0.6) is 0 Å². The minimum atomic E-state index is 0.877. The first kappa shape index (κ1) is 21.7. The van der Waals surface area contributed by atoms with E-state index in [0.29, 0.717) is 0 Å². The molecular formula is C30H33N5+2. The fourth-order valence-corrected chi connectivity index (χ4v) is 5.62. The fraction of sp³-hybridized carbons (Fsp3) is 0.267. The van der Waals surface area contributed by atoms with Crippen molar-refractivity contribution in [3.8, 4) is 0 Å². The lowest BCUT2D eigenvalue weighted by atomic mass is 9.87. The Morgan fingerprint density at radius 2 is 1.23 bits per heavy atom. The lowest BCUT2D eigenvalue weighted by molar-refractivity contribution is -0.688. The van der Waals surface area contributed by atoms with Gasteiger partial charge in [-0.1, -0.05) is 18.2 Å². The Hall–Kier alpha value is -3.86. The molecule has 0 saturated carbocycles. The topological polar surface area (TPSA) is 22.5 Å². The number of aromatic nitrogens is 5. The first-order valence-electron chi connectivity index (χ1n) is 12.4. The standard InChI is InChI=1S/C30H33N5/c1-23-28(18-31-9-4-5-10-31)24(2)30-20-35-14-12-33(22-35)17-27-8-6-7-26(15-27)16-32-11-13-34(21-32)19-29(23)25(30)3/h4-15,21-22H,16-20H2,1-3H3/q+2. The molecule has 5 nitrogen and oxygen atoms in total. The van der Waals surface area contributed by atoms with Gasteiger partial charge in [-0.3, -0.25) is 0 Å². The molecule has 0 fully saturated rings. The summed E-state index contributed by atoms with van der Waals surface area (Å²) in [5, 5.41) is 0. The van der Waals surface area contributed by atoms with Gasteiger partial charge in [-0.05, 0) is 72.4 Å². The molecule has 0 aliphatic carbocycles. The van der Waals surface area contributed by atoms with E-state index in [-0.39, 0.29) is 0 Å². The maximum atomic E-state index is 2.33. The van der Waals surface area contributed by atoms with Gasteiger partial charge in [0.05, 0.1) is 0 Å². The fourth-order valence-electron chi connectivity index (χ4n) is 5.62. The van der Waals surface area contributed by atoms with Gasteiger partial charge in [-0.25, -0.2) is 18.3 Å². The quantitative estimate of drug-likeness (QED) is 0.345. The van der Waals surface area contributed by atoms with Gasteiger partial charge >= 0.3 is 0 Å². The summed E-state index contributed by atoms with van der Waals surface area (Å²) in [6.07, 6.45) is 17.6. The summed E-state index contributed by atoms with van der Waals surface area (Å²) in [6.45, 7) is 11.3. The van der Waals surface area contributed by atoms with Crippen molar-refractivity contribution in [2.24, 2.45) is 0 Å². The smallest absolute Gasteiger partial charge is 0.244 e. The van der Waals surface area contributed by atoms with Gasteiger partial charge in [0.25, 0.3) is 0 Å². The van der Waals surface area contributed by atoms with Crippen molar-refractivity contribution in [2.45, 2.75) is 53.5 Å². The minimum absolute atomic E-state index is 0.877. The van der Waals surface area contributed by atoms with Crippen molar-refractivity contribution in [2.75, 3.05) is 0 Å². The van der Waals surface area contributed by atoms with Gasteiger partial charge in [0.15, 0.2) is 0 Å². The highest BCUT2D eigenvalue weighted by molar-refractivity contribution is 5.51. The van der Waals surface area contributed by atoms with Crippen LogP contribution in [0.25, 0.3) is 0 Å². The molecule has 0 radical (unpaired) electrons. The summed E-state index contributed by atoms with van der Waals surface area (Å²) in [5.41, 5.74) is 11.2. The summed E-state index contributed by atoms with van der Waals surface area (Å²) < 4.78 is 11.5. The minimum Gasteiger partial charge on any atom is -0.350 e. The maximum Gasteiger partial charge on any atom is 0.244 e. The molecule has 3 aromatic heterocycles. The average molecular weight is 464 g/mol. The molecule has 0 amide bonds. The number of nitrogens with zero attached hydrogens (tertiary/aromatic N) is 5. The molecule has 1 aliphatic rings. The first-order valence-corrected chi connectivity index (χ1v) is 12.4. The Morgan fingerprint density at radius 1 is 0.686 bits per heavy atom. The Morgan fingerprint density at radius 3 is 1.77 bits per heavy atom. The summed E-state index contributed by atoms with van der Waals surface area (Å²) in [5.74, 6) is 0. The predicted octanol–water partition coefficient (Wildman–Crippen LogP) is 4.15. The normalized spacial score (nSPS) is 13.2. The lowest BCUT2D eigenvalue weighted by Gasteiger charge is -2.21. The van der Waals surface area contributed by atoms with Crippen LogP contribution >= 0.6 is 0 Å². The van der Waals surface area contributed by atoms with Crippen LogP contribution in [0.2, 0.25) is 0 Å². The van der Waals surface area contributed by atoms with Gasteiger partial charge in [0.2, 0.25) is 12.7 Å². The van der Waals surface area contributed by atoms with Crippen LogP contribution in [0.15, 0.2) is 86.2 Å². The highest BCUT2D eigenvalue weighted by Crippen LogP contribution is 2.29. The molecule has 8 bridgehead atoms. The van der Waals surface area contributed by atoms with Crippen molar-refractivity contribution in [3.05, 3.63) is 131 Å². The Balaban J connectivity index is 1.50. The third-order valence-electron chi connectivity index (χ3n) is 7.62. The molecule has 2 aromatic carbocycles. The second-order valence-corrected chi connectivity index (χ2v) is 10.0. The Kier molecular flexibility index (Phi) is 5.40. The zero-order valence-corrected chi connectivity index (χ0v) is 20.9. The summed E-state index contributed by atoms with van der Waals surface area (Å²) >= 11 is 0. The van der Waals surface area contributed by atoms with Gasteiger partial charge in [-0.2, -0.15) is 0 Å². The summed E-state index contributed by atoms with van der Waals surface area (Å²) in [6, 6.07) is 13.2. The van der Waals surface area contributed by atoms with Gasteiger partial charge in [0.1, 0.15) is 51.0 Å². The maximum absolute atomic E-state index is 2.33. The number of benzene rings is 2. The lowest BCUT2D eigenvalue weighted by Crippen LogP contribution is -2.33. The monoisotopic (exact) mass is 463 g/mol. The van der Waals surface area contributed by atoms with Crippen LogP contribution in [0.4, 0.5) is 0 Å². The van der Waals surface area contributed by atoms with E-state index < -0.39 is 0 Å². The molecule has 0 spiro atoms. The van der Waals surface area contributed by atoms with E-state index in [9.17, 15) is 0 Å².